The average Bonchev–Trinajstić information content (AvgIpc) is 2.48. The largest absolute Gasteiger partial charge is 0.416 e. The fraction of sp³-hybridized carbons (Fsp3) is 0.286. The van der Waals surface area contributed by atoms with Gasteiger partial charge in [0.2, 0.25) is 0 Å². The van der Waals surface area contributed by atoms with Crippen molar-refractivity contribution in [1.82, 2.24) is 10.2 Å². The summed E-state index contributed by atoms with van der Waals surface area (Å²) in [5.41, 5.74) is 6.17. The lowest BCUT2D eigenvalue weighted by Gasteiger charge is -2.09. The zero-order valence-corrected chi connectivity index (χ0v) is 12.3. The van der Waals surface area contributed by atoms with Crippen molar-refractivity contribution in [2.75, 3.05) is 12.3 Å². The van der Waals surface area contributed by atoms with Crippen LogP contribution in [0.5, 0.6) is 0 Å². The first-order valence-electron chi connectivity index (χ1n) is 6.42. The van der Waals surface area contributed by atoms with E-state index >= 15 is 0 Å². The van der Waals surface area contributed by atoms with E-state index in [4.69, 9.17) is 10.8 Å². The molecule has 0 spiro atoms. The Hall–Kier alpha value is -1.80. The Morgan fingerprint density at radius 1 is 1.18 bits per heavy atom. The maximum absolute atomic E-state index is 12.6. The number of alkyl halides is 3. The van der Waals surface area contributed by atoms with E-state index in [9.17, 15) is 13.2 Å². The minimum atomic E-state index is -4.35. The number of nitrogen functional groups attached to an aromatic ring is 1. The molecule has 0 unspecified atom stereocenters. The van der Waals surface area contributed by atoms with Crippen LogP contribution in [-0.2, 0) is 18.3 Å². The Balaban J connectivity index is 2.09. The standard InChI is InChI=1S/C14H14F3N3OS/c15-14(16,17)11-3-1-2-9(6-11)8-22-12-7-10(4-5-21)13(18)20-19-12/h1-3,6-7,21H,4-5,8H2,(H2,18,20). The van der Waals surface area contributed by atoms with Gasteiger partial charge in [-0.2, -0.15) is 13.2 Å². The van der Waals surface area contributed by atoms with Gasteiger partial charge in [-0.05, 0) is 24.1 Å². The molecule has 0 saturated carbocycles. The summed E-state index contributed by atoms with van der Waals surface area (Å²) in [6.45, 7) is -0.0619. The van der Waals surface area contributed by atoms with Gasteiger partial charge in [-0.25, -0.2) is 0 Å². The molecule has 1 heterocycles. The van der Waals surface area contributed by atoms with Crippen LogP contribution in [0.3, 0.4) is 0 Å². The fourth-order valence-corrected chi connectivity index (χ4v) is 2.62. The van der Waals surface area contributed by atoms with Gasteiger partial charge in [-0.15, -0.1) is 10.2 Å². The van der Waals surface area contributed by atoms with E-state index in [-0.39, 0.29) is 12.4 Å². The number of aliphatic hydroxyl groups is 1. The maximum Gasteiger partial charge on any atom is 0.416 e. The normalized spacial score (nSPS) is 11.6. The number of hydrogen-bond donors (Lipinski definition) is 2. The molecule has 0 fully saturated rings. The second kappa shape index (κ2) is 6.97. The van der Waals surface area contributed by atoms with Crippen LogP contribution in [0.4, 0.5) is 19.0 Å². The monoisotopic (exact) mass is 329 g/mol. The van der Waals surface area contributed by atoms with Gasteiger partial charge in [0, 0.05) is 17.9 Å². The second-order valence-electron chi connectivity index (χ2n) is 4.55. The summed E-state index contributed by atoms with van der Waals surface area (Å²) in [5, 5.41) is 17.2. The number of benzene rings is 1. The molecule has 118 valence electrons. The molecule has 0 bridgehead atoms. The Bertz CT molecular complexity index is 649. The number of aromatic nitrogens is 2. The highest BCUT2D eigenvalue weighted by Gasteiger charge is 2.30. The van der Waals surface area contributed by atoms with Crippen molar-refractivity contribution in [3.63, 3.8) is 0 Å². The number of aliphatic hydroxyl groups excluding tert-OH is 1. The van der Waals surface area contributed by atoms with Crippen LogP contribution in [0.15, 0.2) is 35.4 Å². The number of nitrogens with zero attached hydrogens (tertiary/aromatic N) is 2. The van der Waals surface area contributed by atoms with Crippen molar-refractivity contribution in [1.29, 1.82) is 0 Å². The average molecular weight is 329 g/mol. The summed E-state index contributed by atoms with van der Waals surface area (Å²) in [5.74, 6) is 0.582. The summed E-state index contributed by atoms with van der Waals surface area (Å²) in [7, 11) is 0. The Kier molecular flexibility index (Phi) is 5.25. The van der Waals surface area contributed by atoms with Crippen LogP contribution < -0.4 is 5.73 Å². The summed E-state index contributed by atoms with van der Waals surface area (Å²) >= 11 is 1.26. The molecular weight excluding hydrogens is 315 g/mol. The number of thioether (sulfide) groups is 1. The van der Waals surface area contributed by atoms with E-state index < -0.39 is 11.7 Å². The maximum atomic E-state index is 12.6. The summed E-state index contributed by atoms with van der Waals surface area (Å²) in [6, 6.07) is 6.85. The van der Waals surface area contributed by atoms with E-state index in [1.807, 2.05) is 0 Å². The molecule has 0 radical (unpaired) electrons. The highest BCUT2D eigenvalue weighted by molar-refractivity contribution is 7.98. The number of halogens is 3. The van der Waals surface area contributed by atoms with Crippen LogP contribution in [0.1, 0.15) is 16.7 Å². The zero-order valence-electron chi connectivity index (χ0n) is 11.5. The Labute approximate surface area is 129 Å². The number of hydrogen-bond acceptors (Lipinski definition) is 5. The zero-order chi connectivity index (χ0) is 16.2. The van der Waals surface area contributed by atoms with Gasteiger partial charge in [-0.3, -0.25) is 0 Å². The number of nitrogens with two attached hydrogens (primary N) is 1. The van der Waals surface area contributed by atoms with Crippen molar-refractivity contribution in [2.24, 2.45) is 0 Å². The molecule has 2 rings (SSSR count). The fourth-order valence-electron chi connectivity index (χ4n) is 1.81. The van der Waals surface area contributed by atoms with Gasteiger partial charge in [0.05, 0.1) is 5.56 Å². The third-order valence-electron chi connectivity index (χ3n) is 2.91. The van der Waals surface area contributed by atoms with Gasteiger partial charge in [0.15, 0.2) is 0 Å². The second-order valence-corrected chi connectivity index (χ2v) is 5.55. The van der Waals surface area contributed by atoms with Crippen molar-refractivity contribution < 1.29 is 18.3 Å². The Morgan fingerprint density at radius 3 is 2.64 bits per heavy atom. The van der Waals surface area contributed by atoms with Crippen LogP contribution in [0.2, 0.25) is 0 Å². The van der Waals surface area contributed by atoms with Gasteiger partial charge in [-0.1, -0.05) is 30.0 Å². The molecule has 1 aromatic heterocycles. The molecule has 0 atom stereocenters. The van der Waals surface area contributed by atoms with Gasteiger partial charge >= 0.3 is 6.18 Å². The first kappa shape index (κ1) is 16.6. The first-order chi connectivity index (χ1) is 10.4. The van der Waals surface area contributed by atoms with E-state index in [1.54, 1.807) is 12.1 Å². The SMILES string of the molecule is Nc1nnc(SCc2cccc(C(F)(F)F)c2)cc1CCO. The van der Waals surface area contributed by atoms with Gasteiger partial charge < -0.3 is 10.8 Å². The molecule has 1 aromatic carbocycles. The molecule has 0 saturated heterocycles. The van der Waals surface area contributed by atoms with Crippen LogP contribution in [-0.4, -0.2) is 21.9 Å². The topological polar surface area (TPSA) is 72.0 Å². The predicted octanol–water partition coefficient (Wildman–Crippen LogP) is 2.90. The first-order valence-corrected chi connectivity index (χ1v) is 7.40. The number of rotatable bonds is 5. The minimum absolute atomic E-state index is 0.0619. The lowest BCUT2D eigenvalue weighted by Crippen LogP contribution is -2.05. The van der Waals surface area contributed by atoms with Gasteiger partial charge in [0.1, 0.15) is 10.8 Å². The van der Waals surface area contributed by atoms with E-state index in [0.29, 0.717) is 28.3 Å². The Morgan fingerprint density at radius 2 is 1.95 bits per heavy atom. The molecule has 0 aliphatic carbocycles. The van der Waals surface area contributed by atoms with Crippen molar-refractivity contribution in [3.05, 3.63) is 47.0 Å². The molecular formula is C14H14F3N3OS. The highest BCUT2D eigenvalue weighted by atomic mass is 32.2. The van der Waals surface area contributed by atoms with Crippen LogP contribution in [0, 0.1) is 0 Å². The molecule has 22 heavy (non-hydrogen) atoms. The molecule has 0 amide bonds. The molecule has 2 aromatic rings. The third-order valence-corrected chi connectivity index (χ3v) is 3.88. The molecule has 0 aliphatic rings. The molecule has 3 N–H and O–H groups in total. The van der Waals surface area contributed by atoms with Crippen molar-refractivity contribution in [3.8, 4) is 0 Å². The third kappa shape index (κ3) is 4.35. The lowest BCUT2D eigenvalue weighted by molar-refractivity contribution is -0.137. The minimum Gasteiger partial charge on any atom is -0.396 e. The quantitative estimate of drug-likeness (QED) is 0.825. The summed E-state index contributed by atoms with van der Waals surface area (Å²) in [6.07, 6.45) is -3.99. The van der Waals surface area contributed by atoms with Crippen LogP contribution in [0.25, 0.3) is 0 Å². The molecule has 8 heteroatoms. The summed E-state index contributed by atoms with van der Waals surface area (Å²) < 4.78 is 37.9. The smallest absolute Gasteiger partial charge is 0.396 e. The molecule has 0 aliphatic heterocycles. The summed E-state index contributed by atoms with van der Waals surface area (Å²) in [4.78, 5) is 0. The predicted molar refractivity (Wildman–Crippen MR) is 78.2 cm³/mol. The molecule has 4 nitrogen and oxygen atoms in total. The lowest BCUT2D eigenvalue weighted by atomic mass is 10.1. The van der Waals surface area contributed by atoms with E-state index in [1.165, 1.54) is 17.8 Å². The van der Waals surface area contributed by atoms with Crippen LogP contribution >= 0.6 is 11.8 Å². The highest BCUT2D eigenvalue weighted by Crippen LogP contribution is 2.31. The number of anilines is 1. The van der Waals surface area contributed by atoms with E-state index in [0.717, 1.165) is 12.1 Å². The van der Waals surface area contributed by atoms with E-state index in [2.05, 4.69) is 10.2 Å². The van der Waals surface area contributed by atoms with Gasteiger partial charge in [0.25, 0.3) is 0 Å². The van der Waals surface area contributed by atoms with Crippen molar-refractivity contribution in [2.45, 2.75) is 23.4 Å². The van der Waals surface area contributed by atoms with Crippen molar-refractivity contribution >= 4 is 17.6 Å².